The summed E-state index contributed by atoms with van der Waals surface area (Å²) in [7, 11) is 0. The molecule has 1 aliphatic rings. The van der Waals surface area contributed by atoms with Crippen molar-refractivity contribution in [1.29, 1.82) is 0 Å². The molecule has 1 saturated heterocycles. The van der Waals surface area contributed by atoms with Crippen LogP contribution in [-0.4, -0.2) is 25.2 Å². The van der Waals surface area contributed by atoms with Gasteiger partial charge in [-0.2, -0.15) is 0 Å². The molecule has 1 N–H and O–H groups in total. The van der Waals surface area contributed by atoms with Crippen molar-refractivity contribution in [2.45, 2.75) is 32.9 Å². The monoisotopic (exact) mass is 204 g/mol. The molecule has 0 spiro atoms. The zero-order valence-electron chi connectivity index (χ0n) is 9.83. The maximum atomic E-state index is 3.51. The lowest BCUT2D eigenvalue weighted by Gasteiger charge is -2.40. The predicted octanol–water partition coefficient (Wildman–Crippen LogP) is 2.18. The van der Waals surface area contributed by atoms with Gasteiger partial charge in [0.25, 0.3) is 0 Å². The third-order valence-electron chi connectivity index (χ3n) is 3.19. The summed E-state index contributed by atoms with van der Waals surface area (Å²) in [6.07, 6.45) is 0. The summed E-state index contributed by atoms with van der Waals surface area (Å²) in [5, 5.41) is 3.51. The highest BCUT2D eigenvalue weighted by molar-refractivity contribution is 5.54. The van der Waals surface area contributed by atoms with Crippen molar-refractivity contribution in [3.63, 3.8) is 0 Å². The minimum absolute atomic E-state index is 0.584. The highest BCUT2D eigenvalue weighted by Crippen LogP contribution is 2.23. The molecular formula is C13H20N2. The number of hydrogen-bond acceptors (Lipinski definition) is 2. The molecule has 1 aliphatic heterocycles. The molecule has 0 bridgehead atoms. The van der Waals surface area contributed by atoms with Crippen LogP contribution in [0.3, 0.4) is 0 Å². The second-order valence-corrected chi connectivity index (χ2v) is 4.60. The van der Waals surface area contributed by atoms with Gasteiger partial charge in [0.2, 0.25) is 0 Å². The van der Waals surface area contributed by atoms with Crippen LogP contribution >= 0.6 is 0 Å². The Kier molecular flexibility index (Phi) is 2.96. The van der Waals surface area contributed by atoms with Gasteiger partial charge in [0.15, 0.2) is 0 Å². The highest BCUT2D eigenvalue weighted by Gasteiger charge is 2.23. The first kappa shape index (κ1) is 10.5. The first-order chi connectivity index (χ1) is 7.18. The summed E-state index contributed by atoms with van der Waals surface area (Å²) in [4.78, 5) is 2.51. The normalized spacial score (nSPS) is 26.7. The quantitative estimate of drug-likeness (QED) is 0.754. The van der Waals surface area contributed by atoms with Crippen LogP contribution in [0.25, 0.3) is 0 Å². The Morgan fingerprint density at radius 2 is 2.00 bits per heavy atom. The van der Waals surface area contributed by atoms with E-state index in [1.807, 2.05) is 0 Å². The van der Waals surface area contributed by atoms with E-state index in [4.69, 9.17) is 0 Å². The summed E-state index contributed by atoms with van der Waals surface area (Å²) in [6, 6.07) is 9.82. The zero-order valence-corrected chi connectivity index (χ0v) is 9.83. The summed E-state index contributed by atoms with van der Waals surface area (Å²) >= 11 is 0. The smallest absolute Gasteiger partial charge is 0.0399 e. The predicted molar refractivity (Wildman–Crippen MR) is 65.5 cm³/mol. The summed E-state index contributed by atoms with van der Waals surface area (Å²) in [5.74, 6) is 0. The van der Waals surface area contributed by atoms with Crippen LogP contribution in [0.5, 0.6) is 0 Å². The average Bonchev–Trinajstić information content (AvgIpc) is 2.23. The van der Waals surface area contributed by atoms with Crippen LogP contribution in [0.15, 0.2) is 24.3 Å². The van der Waals surface area contributed by atoms with Crippen molar-refractivity contribution in [2.24, 2.45) is 0 Å². The maximum absolute atomic E-state index is 3.51. The number of rotatable bonds is 1. The molecule has 0 saturated carbocycles. The molecule has 2 heteroatoms. The Bertz CT molecular complexity index is 335. The average molecular weight is 204 g/mol. The fraction of sp³-hybridized carbons (Fsp3) is 0.538. The van der Waals surface area contributed by atoms with Crippen molar-refractivity contribution in [3.05, 3.63) is 29.8 Å². The zero-order chi connectivity index (χ0) is 10.8. The number of nitrogens with zero attached hydrogens (tertiary/aromatic N) is 1. The number of para-hydroxylation sites is 1. The third-order valence-corrected chi connectivity index (χ3v) is 3.19. The number of aryl methyl sites for hydroxylation is 1. The van der Waals surface area contributed by atoms with Crippen LogP contribution in [0.4, 0.5) is 5.69 Å². The van der Waals surface area contributed by atoms with Crippen LogP contribution in [0, 0.1) is 6.92 Å². The van der Waals surface area contributed by atoms with Gasteiger partial charge in [-0.15, -0.1) is 0 Å². The number of hydrogen-bond donors (Lipinski definition) is 1. The van der Waals surface area contributed by atoms with E-state index in [-0.39, 0.29) is 0 Å². The van der Waals surface area contributed by atoms with Crippen molar-refractivity contribution in [1.82, 2.24) is 5.32 Å². The highest BCUT2D eigenvalue weighted by atomic mass is 15.2. The fourth-order valence-electron chi connectivity index (χ4n) is 2.24. The molecule has 15 heavy (non-hydrogen) atoms. The molecule has 0 unspecified atom stereocenters. The number of piperazine rings is 1. The van der Waals surface area contributed by atoms with E-state index in [1.165, 1.54) is 11.3 Å². The van der Waals surface area contributed by atoms with Gasteiger partial charge in [-0.3, -0.25) is 0 Å². The van der Waals surface area contributed by atoms with Crippen molar-refractivity contribution in [2.75, 3.05) is 18.0 Å². The van der Waals surface area contributed by atoms with Gasteiger partial charge in [-0.25, -0.2) is 0 Å². The lowest BCUT2D eigenvalue weighted by atomic mass is 10.1. The van der Waals surface area contributed by atoms with Crippen LogP contribution < -0.4 is 10.2 Å². The standard InChI is InChI=1S/C13H20N2/c1-10-6-4-5-7-13(10)15-9-11(2)14-8-12(15)3/h4-7,11-12,14H,8-9H2,1-3H3/t11-,12+/m0/s1. The van der Waals surface area contributed by atoms with Crippen molar-refractivity contribution >= 4 is 5.69 Å². The summed E-state index contributed by atoms with van der Waals surface area (Å²) < 4.78 is 0. The summed E-state index contributed by atoms with van der Waals surface area (Å²) in [5.41, 5.74) is 2.76. The molecule has 1 heterocycles. The first-order valence-electron chi connectivity index (χ1n) is 5.74. The van der Waals surface area contributed by atoms with Crippen molar-refractivity contribution < 1.29 is 0 Å². The Hall–Kier alpha value is -1.02. The maximum Gasteiger partial charge on any atom is 0.0399 e. The van der Waals surface area contributed by atoms with E-state index in [0.29, 0.717) is 12.1 Å². The topological polar surface area (TPSA) is 15.3 Å². The van der Waals surface area contributed by atoms with Crippen LogP contribution in [0.1, 0.15) is 19.4 Å². The largest absolute Gasteiger partial charge is 0.366 e. The Morgan fingerprint density at radius 3 is 2.73 bits per heavy atom. The summed E-state index contributed by atoms with van der Waals surface area (Å²) in [6.45, 7) is 8.90. The molecule has 1 aromatic carbocycles. The second-order valence-electron chi connectivity index (χ2n) is 4.60. The van der Waals surface area contributed by atoms with E-state index in [0.717, 1.165) is 13.1 Å². The minimum atomic E-state index is 0.584. The van der Waals surface area contributed by atoms with E-state index >= 15 is 0 Å². The molecule has 2 rings (SSSR count). The Balaban J connectivity index is 2.25. The fourth-order valence-corrected chi connectivity index (χ4v) is 2.24. The number of anilines is 1. The Labute approximate surface area is 92.3 Å². The van der Waals surface area contributed by atoms with E-state index in [1.54, 1.807) is 0 Å². The van der Waals surface area contributed by atoms with E-state index < -0.39 is 0 Å². The lowest BCUT2D eigenvalue weighted by molar-refractivity contribution is 0.425. The number of benzene rings is 1. The molecule has 0 aliphatic carbocycles. The Morgan fingerprint density at radius 1 is 1.27 bits per heavy atom. The third kappa shape index (κ3) is 2.15. The molecule has 0 aromatic heterocycles. The van der Waals surface area contributed by atoms with E-state index in [2.05, 4.69) is 55.3 Å². The second kappa shape index (κ2) is 4.23. The van der Waals surface area contributed by atoms with Gasteiger partial charge >= 0.3 is 0 Å². The van der Waals surface area contributed by atoms with Gasteiger partial charge in [-0.05, 0) is 32.4 Å². The van der Waals surface area contributed by atoms with Crippen LogP contribution in [0.2, 0.25) is 0 Å². The van der Waals surface area contributed by atoms with Gasteiger partial charge in [0.05, 0.1) is 0 Å². The molecule has 82 valence electrons. The molecule has 0 radical (unpaired) electrons. The van der Waals surface area contributed by atoms with Gasteiger partial charge in [-0.1, -0.05) is 18.2 Å². The SMILES string of the molecule is Cc1ccccc1N1C[C@H](C)NC[C@H]1C. The van der Waals surface area contributed by atoms with E-state index in [9.17, 15) is 0 Å². The van der Waals surface area contributed by atoms with Crippen molar-refractivity contribution in [3.8, 4) is 0 Å². The molecule has 2 atom stereocenters. The molecule has 0 amide bonds. The lowest BCUT2D eigenvalue weighted by Crippen LogP contribution is -2.54. The molecule has 2 nitrogen and oxygen atoms in total. The number of nitrogens with one attached hydrogen (secondary N) is 1. The van der Waals surface area contributed by atoms with Crippen LogP contribution in [-0.2, 0) is 0 Å². The van der Waals surface area contributed by atoms with Gasteiger partial charge in [0, 0.05) is 30.9 Å². The van der Waals surface area contributed by atoms with Gasteiger partial charge in [0.1, 0.15) is 0 Å². The van der Waals surface area contributed by atoms with Gasteiger partial charge < -0.3 is 10.2 Å². The molecule has 1 fully saturated rings. The minimum Gasteiger partial charge on any atom is -0.366 e. The molecular weight excluding hydrogens is 184 g/mol. The molecule has 1 aromatic rings. The first-order valence-corrected chi connectivity index (χ1v) is 5.74.